The minimum Gasteiger partial charge on any atom is -0.503 e. The van der Waals surface area contributed by atoms with Crippen LogP contribution in [0.15, 0.2) is 69.7 Å². The van der Waals surface area contributed by atoms with Crippen LogP contribution in [0.1, 0.15) is 27.9 Å². The number of methoxy groups -OCH3 is 1. The molecular weight excluding hydrogens is 447 g/mol. The summed E-state index contributed by atoms with van der Waals surface area (Å²) in [5, 5.41) is 13.5. The molecule has 1 amide bonds. The van der Waals surface area contributed by atoms with Crippen LogP contribution in [0.5, 0.6) is 5.75 Å². The molecule has 2 aromatic heterocycles. The monoisotopic (exact) mass is 464 g/mol. The lowest BCUT2D eigenvalue weighted by atomic mass is 9.95. The molecule has 5 rings (SSSR count). The van der Waals surface area contributed by atoms with Crippen LogP contribution >= 0.6 is 11.3 Å². The van der Waals surface area contributed by atoms with Gasteiger partial charge in [0.05, 0.1) is 24.4 Å². The molecule has 1 N–H and O–H groups in total. The van der Waals surface area contributed by atoms with Gasteiger partial charge in [0.15, 0.2) is 28.0 Å². The van der Waals surface area contributed by atoms with Crippen LogP contribution in [0.25, 0.3) is 11.0 Å². The number of rotatable bonds is 5. The van der Waals surface area contributed by atoms with Crippen molar-refractivity contribution in [3.8, 4) is 5.75 Å². The van der Waals surface area contributed by atoms with Crippen LogP contribution < -0.4 is 9.64 Å². The van der Waals surface area contributed by atoms with Crippen molar-refractivity contribution in [1.29, 1.82) is 0 Å². The molecule has 7 nitrogen and oxygen atoms in total. The summed E-state index contributed by atoms with van der Waals surface area (Å²) in [4.78, 5) is 32.3. The number of aryl methyl sites for hydroxylation is 1. The molecule has 0 fully saturated rings. The van der Waals surface area contributed by atoms with Gasteiger partial charge in [0.1, 0.15) is 5.82 Å². The van der Waals surface area contributed by atoms with Crippen LogP contribution in [0.3, 0.4) is 0 Å². The third kappa shape index (κ3) is 3.37. The highest BCUT2D eigenvalue weighted by molar-refractivity contribution is 7.14. The number of benzene rings is 2. The van der Waals surface area contributed by atoms with Gasteiger partial charge >= 0.3 is 0 Å². The first-order valence-electron chi connectivity index (χ1n) is 9.94. The number of aromatic nitrogens is 1. The molecule has 0 radical (unpaired) electrons. The number of fused-ring (bicyclic) bond motifs is 1. The molecule has 0 saturated carbocycles. The van der Waals surface area contributed by atoms with Gasteiger partial charge in [0.25, 0.3) is 5.91 Å². The van der Waals surface area contributed by atoms with Gasteiger partial charge in [-0.2, -0.15) is 0 Å². The lowest BCUT2D eigenvalue weighted by Gasteiger charge is -2.24. The molecule has 2 aromatic carbocycles. The van der Waals surface area contributed by atoms with Crippen molar-refractivity contribution < 1.29 is 28.2 Å². The number of hydrogen-bond acceptors (Lipinski definition) is 7. The van der Waals surface area contributed by atoms with Crippen molar-refractivity contribution in [2.24, 2.45) is 0 Å². The summed E-state index contributed by atoms with van der Waals surface area (Å²) >= 11 is 1.20. The molecule has 0 aliphatic carbocycles. The lowest BCUT2D eigenvalue weighted by molar-refractivity contribution is -0.117. The van der Waals surface area contributed by atoms with E-state index in [1.54, 1.807) is 30.5 Å². The normalized spacial score (nSPS) is 16.2. The first-order chi connectivity index (χ1) is 15.9. The van der Waals surface area contributed by atoms with Gasteiger partial charge in [-0.3, -0.25) is 14.5 Å². The number of halogens is 1. The highest BCUT2D eigenvalue weighted by Crippen LogP contribution is 2.43. The Morgan fingerprint density at radius 1 is 1.24 bits per heavy atom. The fourth-order valence-electron chi connectivity index (χ4n) is 3.89. The second-order valence-electron chi connectivity index (χ2n) is 7.48. The first-order valence-corrected chi connectivity index (χ1v) is 10.8. The molecule has 1 atom stereocenters. The molecular formula is C24H17FN2O5S. The van der Waals surface area contributed by atoms with E-state index in [2.05, 4.69) is 4.98 Å². The highest BCUT2D eigenvalue weighted by Gasteiger charge is 2.46. The molecule has 9 heteroatoms. The minimum absolute atomic E-state index is 0.0619. The average molecular weight is 464 g/mol. The number of para-hydroxylation sites is 1. The van der Waals surface area contributed by atoms with Gasteiger partial charge in [-0.05, 0) is 36.8 Å². The number of aliphatic hydroxyl groups is 1. The Kier molecular flexibility index (Phi) is 4.98. The van der Waals surface area contributed by atoms with Crippen LogP contribution in [0, 0.1) is 12.7 Å². The molecule has 4 aromatic rings. The summed E-state index contributed by atoms with van der Waals surface area (Å²) in [7, 11) is 1.49. The van der Waals surface area contributed by atoms with Crippen LogP contribution in [0.2, 0.25) is 0 Å². The predicted molar refractivity (Wildman–Crippen MR) is 120 cm³/mol. The van der Waals surface area contributed by atoms with E-state index in [-0.39, 0.29) is 11.3 Å². The van der Waals surface area contributed by atoms with Crippen molar-refractivity contribution in [3.63, 3.8) is 0 Å². The maximum absolute atomic E-state index is 13.6. The van der Waals surface area contributed by atoms with E-state index in [9.17, 15) is 19.1 Å². The second kappa shape index (κ2) is 7.86. The SMILES string of the molecule is COc1cccc2cc(C(=O)C3=C(O)C(=O)N(c4nc(C)cs4)C3c3ccc(F)cc3)oc12. The first kappa shape index (κ1) is 20.9. The molecule has 1 aliphatic heterocycles. The number of nitrogens with zero attached hydrogens (tertiary/aromatic N) is 2. The van der Waals surface area contributed by atoms with E-state index in [1.807, 2.05) is 0 Å². The summed E-state index contributed by atoms with van der Waals surface area (Å²) in [6.07, 6.45) is 0. The summed E-state index contributed by atoms with van der Waals surface area (Å²) < 4.78 is 24.7. The Morgan fingerprint density at radius 2 is 2.00 bits per heavy atom. The molecule has 3 heterocycles. The number of carbonyl (C=O) groups excluding carboxylic acids is 2. The van der Waals surface area contributed by atoms with E-state index in [0.29, 0.717) is 33.1 Å². The summed E-state index contributed by atoms with van der Waals surface area (Å²) in [5.41, 5.74) is 1.33. The topological polar surface area (TPSA) is 92.9 Å². The Labute approximate surface area is 191 Å². The van der Waals surface area contributed by atoms with Crippen molar-refractivity contribution in [1.82, 2.24) is 4.98 Å². The minimum atomic E-state index is -1.01. The predicted octanol–water partition coefficient (Wildman–Crippen LogP) is 5.13. The Morgan fingerprint density at radius 3 is 2.67 bits per heavy atom. The quantitative estimate of drug-likeness (QED) is 0.412. The number of anilines is 1. The zero-order chi connectivity index (χ0) is 23.3. The number of aliphatic hydroxyl groups excluding tert-OH is 1. The largest absolute Gasteiger partial charge is 0.503 e. The van der Waals surface area contributed by atoms with Crippen molar-refractivity contribution in [2.75, 3.05) is 12.0 Å². The van der Waals surface area contributed by atoms with Gasteiger partial charge in [-0.25, -0.2) is 9.37 Å². The Bertz CT molecular complexity index is 1440. The summed E-state index contributed by atoms with van der Waals surface area (Å²) in [6.45, 7) is 1.77. The van der Waals surface area contributed by atoms with Gasteiger partial charge < -0.3 is 14.3 Å². The van der Waals surface area contributed by atoms with E-state index in [0.717, 1.165) is 0 Å². The number of amides is 1. The van der Waals surface area contributed by atoms with Gasteiger partial charge in [0.2, 0.25) is 5.78 Å². The van der Waals surface area contributed by atoms with Crippen molar-refractivity contribution in [2.45, 2.75) is 13.0 Å². The van der Waals surface area contributed by atoms with E-state index < -0.39 is 29.3 Å². The lowest BCUT2D eigenvalue weighted by Crippen LogP contribution is -2.31. The van der Waals surface area contributed by atoms with E-state index in [1.165, 1.54) is 53.7 Å². The van der Waals surface area contributed by atoms with Crippen molar-refractivity contribution in [3.05, 3.63) is 88.1 Å². The van der Waals surface area contributed by atoms with Gasteiger partial charge in [-0.15, -0.1) is 11.3 Å². The number of furan rings is 1. The highest BCUT2D eigenvalue weighted by atomic mass is 32.1. The summed E-state index contributed by atoms with van der Waals surface area (Å²) in [6, 6.07) is 11.1. The zero-order valence-corrected chi connectivity index (χ0v) is 18.4. The maximum atomic E-state index is 13.6. The number of carbonyl (C=O) groups is 2. The number of Topliss-reactive ketones (excluding diaryl/α,β-unsaturated/α-hetero) is 1. The number of thiazole rings is 1. The molecule has 1 unspecified atom stereocenters. The van der Waals surface area contributed by atoms with Crippen LogP contribution in [-0.2, 0) is 4.79 Å². The maximum Gasteiger partial charge on any atom is 0.296 e. The molecule has 0 saturated heterocycles. The summed E-state index contributed by atoms with van der Waals surface area (Å²) in [5.74, 6) is -2.21. The standard InChI is InChI=1S/C24H17FN2O5S/c1-12-11-33-24(26-12)27-19(13-6-8-15(25)9-7-13)18(21(29)23(27)30)20(28)17-10-14-4-3-5-16(31-2)22(14)32-17/h3-11,19,29H,1-2H3. The third-order valence-electron chi connectivity index (χ3n) is 5.40. The number of ketones is 1. The number of hydrogen-bond donors (Lipinski definition) is 1. The third-order valence-corrected chi connectivity index (χ3v) is 6.36. The second-order valence-corrected chi connectivity index (χ2v) is 8.32. The molecule has 1 aliphatic rings. The van der Waals surface area contributed by atoms with Gasteiger partial charge in [-0.1, -0.05) is 24.3 Å². The van der Waals surface area contributed by atoms with E-state index >= 15 is 0 Å². The van der Waals surface area contributed by atoms with E-state index in [4.69, 9.17) is 9.15 Å². The zero-order valence-electron chi connectivity index (χ0n) is 17.5. The Hall–Kier alpha value is -3.98. The average Bonchev–Trinajstić information content (AvgIpc) is 3.50. The molecule has 0 bridgehead atoms. The fraction of sp³-hybridized carbons (Fsp3) is 0.125. The van der Waals surface area contributed by atoms with Crippen LogP contribution in [-0.4, -0.2) is 28.9 Å². The smallest absolute Gasteiger partial charge is 0.296 e. The molecule has 33 heavy (non-hydrogen) atoms. The Balaban J connectivity index is 1.66. The fourth-order valence-corrected chi connectivity index (χ4v) is 4.72. The van der Waals surface area contributed by atoms with Crippen molar-refractivity contribution >= 4 is 39.1 Å². The van der Waals surface area contributed by atoms with Gasteiger partial charge in [0, 0.05) is 10.8 Å². The van der Waals surface area contributed by atoms with Crippen LogP contribution in [0.4, 0.5) is 9.52 Å². The number of ether oxygens (including phenoxy) is 1. The molecule has 0 spiro atoms. The molecule has 166 valence electrons.